The zero-order valence-electron chi connectivity index (χ0n) is 15.3. The lowest BCUT2D eigenvalue weighted by atomic mass is 10.0. The van der Waals surface area contributed by atoms with Crippen molar-refractivity contribution < 1.29 is 9.18 Å². The molecule has 1 amide bonds. The van der Waals surface area contributed by atoms with E-state index in [9.17, 15) is 9.18 Å². The summed E-state index contributed by atoms with van der Waals surface area (Å²) in [5.41, 5.74) is 4.15. The highest BCUT2D eigenvalue weighted by atomic mass is 19.1. The van der Waals surface area contributed by atoms with E-state index in [-0.39, 0.29) is 11.7 Å². The third-order valence-corrected chi connectivity index (χ3v) is 4.62. The molecule has 0 aliphatic rings. The van der Waals surface area contributed by atoms with Gasteiger partial charge >= 0.3 is 0 Å². The van der Waals surface area contributed by atoms with Gasteiger partial charge in [-0.2, -0.15) is 0 Å². The SMILES string of the molecule is C=CCn1c(C(=O)Nc2cccc(F)c2)c(C)c2cc(C(C)C)ccc21. The van der Waals surface area contributed by atoms with Gasteiger partial charge in [0.05, 0.1) is 0 Å². The molecule has 3 nitrogen and oxygen atoms in total. The maximum atomic E-state index is 13.4. The predicted molar refractivity (Wildman–Crippen MR) is 105 cm³/mol. The Balaban J connectivity index is 2.11. The summed E-state index contributed by atoms with van der Waals surface area (Å²) in [6.45, 7) is 10.6. The van der Waals surface area contributed by atoms with Crippen LogP contribution in [0.2, 0.25) is 0 Å². The van der Waals surface area contributed by atoms with E-state index < -0.39 is 0 Å². The van der Waals surface area contributed by atoms with Crippen molar-refractivity contribution in [2.24, 2.45) is 0 Å². The molecule has 26 heavy (non-hydrogen) atoms. The number of benzene rings is 2. The van der Waals surface area contributed by atoms with Crippen LogP contribution in [-0.4, -0.2) is 10.5 Å². The molecule has 0 saturated carbocycles. The highest BCUT2D eigenvalue weighted by molar-refractivity contribution is 6.08. The monoisotopic (exact) mass is 350 g/mol. The van der Waals surface area contributed by atoms with Crippen molar-refractivity contribution >= 4 is 22.5 Å². The number of fused-ring (bicyclic) bond motifs is 1. The van der Waals surface area contributed by atoms with Gasteiger partial charge in [0.1, 0.15) is 11.5 Å². The average Bonchev–Trinajstić information content (AvgIpc) is 2.87. The summed E-state index contributed by atoms with van der Waals surface area (Å²) < 4.78 is 15.4. The fourth-order valence-electron chi connectivity index (χ4n) is 3.27. The number of carbonyl (C=O) groups excluding carboxylic acids is 1. The Morgan fingerprint density at radius 3 is 2.69 bits per heavy atom. The number of aromatic nitrogens is 1. The first kappa shape index (κ1) is 17.9. The molecule has 134 valence electrons. The standard InChI is InChI=1S/C22H23FN2O/c1-5-11-25-20-10-9-16(14(2)3)12-19(20)15(4)21(25)22(26)24-18-8-6-7-17(23)13-18/h5-10,12-14H,1,11H2,2-4H3,(H,24,26). The molecule has 0 saturated heterocycles. The Hall–Kier alpha value is -2.88. The van der Waals surface area contributed by atoms with Gasteiger partial charge < -0.3 is 9.88 Å². The summed E-state index contributed by atoms with van der Waals surface area (Å²) in [6, 6.07) is 12.2. The first-order chi connectivity index (χ1) is 12.4. The lowest BCUT2D eigenvalue weighted by molar-refractivity contribution is 0.101. The van der Waals surface area contributed by atoms with Gasteiger partial charge in [0, 0.05) is 23.1 Å². The normalized spacial score (nSPS) is 11.1. The predicted octanol–water partition coefficient (Wildman–Crippen LogP) is 5.65. The number of nitrogens with one attached hydrogen (secondary N) is 1. The topological polar surface area (TPSA) is 34.0 Å². The van der Waals surface area contributed by atoms with Crippen molar-refractivity contribution in [3.63, 3.8) is 0 Å². The Bertz CT molecular complexity index is 985. The number of aryl methyl sites for hydroxylation is 1. The van der Waals surface area contributed by atoms with E-state index in [0.29, 0.717) is 23.8 Å². The number of hydrogen-bond donors (Lipinski definition) is 1. The fraction of sp³-hybridized carbons (Fsp3) is 0.227. The van der Waals surface area contributed by atoms with E-state index in [1.807, 2.05) is 11.5 Å². The lowest BCUT2D eigenvalue weighted by Crippen LogP contribution is -2.18. The molecule has 0 fully saturated rings. The molecule has 0 atom stereocenters. The van der Waals surface area contributed by atoms with E-state index >= 15 is 0 Å². The first-order valence-corrected chi connectivity index (χ1v) is 8.73. The van der Waals surface area contributed by atoms with Crippen LogP contribution in [0.1, 0.15) is 41.4 Å². The maximum Gasteiger partial charge on any atom is 0.272 e. The highest BCUT2D eigenvalue weighted by Crippen LogP contribution is 2.29. The van der Waals surface area contributed by atoms with Gasteiger partial charge in [0.2, 0.25) is 0 Å². The van der Waals surface area contributed by atoms with E-state index in [4.69, 9.17) is 0 Å². The summed E-state index contributed by atoms with van der Waals surface area (Å²) in [4.78, 5) is 12.9. The zero-order valence-corrected chi connectivity index (χ0v) is 15.3. The van der Waals surface area contributed by atoms with Gasteiger partial charge in [-0.1, -0.05) is 32.1 Å². The molecule has 4 heteroatoms. The number of anilines is 1. The minimum absolute atomic E-state index is 0.253. The summed E-state index contributed by atoms with van der Waals surface area (Å²) in [7, 11) is 0. The molecular weight excluding hydrogens is 327 g/mol. The van der Waals surface area contributed by atoms with E-state index in [1.54, 1.807) is 18.2 Å². The van der Waals surface area contributed by atoms with E-state index in [1.165, 1.54) is 17.7 Å². The third-order valence-electron chi connectivity index (χ3n) is 4.62. The van der Waals surface area contributed by atoms with Crippen LogP contribution in [0.3, 0.4) is 0 Å². The summed E-state index contributed by atoms with van der Waals surface area (Å²) >= 11 is 0. The van der Waals surface area contributed by atoms with E-state index in [2.05, 4.69) is 43.9 Å². The first-order valence-electron chi connectivity index (χ1n) is 8.73. The number of amides is 1. The van der Waals surface area contributed by atoms with Gasteiger partial charge in [-0.15, -0.1) is 6.58 Å². The van der Waals surface area contributed by atoms with Crippen LogP contribution in [0.4, 0.5) is 10.1 Å². The minimum Gasteiger partial charge on any atom is -0.332 e. The van der Waals surface area contributed by atoms with Crippen molar-refractivity contribution in [2.45, 2.75) is 33.2 Å². The molecule has 0 radical (unpaired) electrons. The van der Waals surface area contributed by atoms with Gasteiger partial charge in [0.15, 0.2) is 0 Å². The van der Waals surface area contributed by atoms with Crippen LogP contribution in [-0.2, 0) is 6.54 Å². The van der Waals surface area contributed by atoms with Crippen LogP contribution < -0.4 is 5.32 Å². The molecule has 3 rings (SSSR count). The Kier molecular flexibility index (Phi) is 4.94. The molecule has 0 aliphatic carbocycles. The van der Waals surface area contributed by atoms with Crippen molar-refractivity contribution in [3.05, 3.63) is 77.8 Å². The lowest BCUT2D eigenvalue weighted by Gasteiger charge is -2.10. The molecule has 1 heterocycles. The number of nitrogens with zero attached hydrogens (tertiary/aromatic N) is 1. The smallest absolute Gasteiger partial charge is 0.272 e. The van der Waals surface area contributed by atoms with Crippen LogP contribution in [0.25, 0.3) is 10.9 Å². The fourth-order valence-corrected chi connectivity index (χ4v) is 3.27. The largest absolute Gasteiger partial charge is 0.332 e. The van der Waals surface area contributed by atoms with Gasteiger partial charge in [0.25, 0.3) is 5.91 Å². The number of halogens is 1. The van der Waals surface area contributed by atoms with Gasteiger partial charge in [-0.25, -0.2) is 4.39 Å². The summed E-state index contributed by atoms with van der Waals surface area (Å²) in [5.74, 6) is -0.226. The van der Waals surface area contributed by atoms with Crippen molar-refractivity contribution in [1.29, 1.82) is 0 Å². The van der Waals surface area contributed by atoms with Crippen LogP contribution in [0.5, 0.6) is 0 Å². The van der Waals surface area contributed by atoms with Crippen molar-refractivity contribution in [2.75, 3.05) is 5.32 Å². The second-order valence-electron chi connectivity index (χ2n) is 6.77. The number of hydrogen-bond acceptors (Lipinski definition) is 1. The molecule has 1 aromatic heterocycles. The molecule has 1 N–H and O–H groups in total. The Labute approximate surface area is 153 Å². The van der Waals surface area contributed by atoms with E-state index in [0.717, 1.165) is 16.5 Å². The molecule has 0 spiro atoms. The van der Waals surface area contributed by atoms with Crippen molar-refractivity contribution in [3.8, 4) is 0 Å². The zero-order chi connectivity index (χ0) is 18.8. The number of carbonyl (C=O) groups is 1. The van der Waals surface area contributed by atoms with Crippen LogP contribution in [0.15, 0.2) is 55.1 Å². The summed E-state index contributed by atoms with van der Waals surface area (Å²) in [6.07, 6.45) is 1.77. The molecular formula is C22H23FN2O. The Morgan fingerprint density at radius 2 is 2.04 bits per heavy atom. The van der Waals surface area contributed by atoms with Gasteiger partial charge in [-0.3, -0.25) is 4.79 Å². The average molecular weight is 350 g/mol. The Morgan fingerprint density at radius 1 is 1.27 bits per heavy atom. The number of rotatable bonds is 5. The molecule has 3 aromatic rings. The third kappa shape index (κ3) is 3.27. The molecule has 0 unspecified atom stereocenters. The minimum atomic E-state index is -0.382. The molecule has 0 bridgehead atoms. The maximum absolute atomic E-state index is 13.4. The highest BCUT2D eigenvalue weighted by Gasteiger charge is 2.20. The second-order valence-corrected chi connectivity index (χ2v) is 6.77. The second kappa shape index (κ2) is 7.16. The quantitative estimate of drug-likeness (QED) is 0.593. The van der Waals surface area contributed by atoms with Crippen molar-refractivity contribution in [1.82, 2.24) is 4.57 Å². The molecule has 0 aliphatic heterocycles. The van der Waals surface area contributed by atoms with Crippen LogP contribution >= 0.6 is 0 Å². The van der Waals surface area contributed by atoms with Crippen LogP contribution in [0, 0.1) is 12.7 Å². The van der Waals surface area contributed by atoms with Gasteiger partial charge in [-0.05, 0) is 54.3 Å². The number of allylic oxidation sites excluding steroid dienone is 1. The molecule has 2 aromatic carbocycles. The summed E-state index contributed by atoms with van der Waals surface area (Å²) in [5, 5.41) is 3.86.